The molecule has 0 saturated carbocycles. The highest BCUT2D eigenvalue weighted by atomic mass is 32.2. The summed E-state index contributed by atoms with van der Waals surface area (Å²) in [5.74, 6) is 1.39. The highest BCUT2D eigenvalue weighted by Gasteiger charge is 2.08. The lowest BCUT2D eigenvalue weighted by atomic mass is 10.1. The van der Waals surface area contributed by atoms with Crippen LogP contribution in [0, 0.1) is 0 Å². The average molecular weight is 314 g/mol. The first-order valence-corrected chi connectivity index (χ1v) is 9.43. The normalized spacial score (nSPS) is 12.7. The van der Waals surface area contributed by atoms with Gasteiger partial charge in [0.05, 0.1) is 0 Å². The van der Waals surface area contributed by atoms with Crippen LogP contribution in [0.2, 0.25) is 0 Å². The van der Waals surface area contributed by atoms with Crippen LogP contribution in [0.1, 0.15) is 65.2 Å². The minimum atomic E-state index is 0.153. The summed E-state index contributed by atoms with van der Waals surface area (Å²) in [5, 5.41) is 19.9. The summed E-state index contributed by atoms with van der Waals surface area (Å²) in [6.45, 7) is 5.21. The second-order valence-corrected chi connectivity index (χ2v) is 7.07. The van der Waals surface area contributed by atoms with Gasteiger partial charge in [-0.15, -0.1) is 0 Å². The molecule has 1 unspecified atom stereocenters. The topological polar surface area (TPSA) is 45.4 Å². The van der Waals surface area contributed by atoms with Crippen molar-refractivity contribution in [1.82, 2.24) is 4.57 Å². The maximum absolute atomic E-state index is 9.57. The van der Waals surface area contributed by atoms with E-state index in [1.165, 1.54) is 57.1 Å². The second kappa shape index (κ2) is 10.9. The molecular formula is C17H31NO2S. The van der Waals surface area contributed by atoms with Gasteiger partial charge in [-0.3, -0.25) is 4.57 Å². The van der Waals surface area contributed by atoms with Crippen molar-refractivity contribution in [2.45, 2.75) is 77.0 Å². The number of aromatic nitrogens is 1. The van der Waals surface area contributed by atoms with Crippen molar-refractivity contribution in [1.29, 1.82) is 0 Å². The molecule has 0 aliphatic heterocycles. The van der Waals surface area contributed by atoms with Crippen LogP contribution >= 0.6 is 11.8 Å². The zero-order chi connectivity index (χ0) is 15.5. The summed E-state index contributed by atoms with van der Waals surface area (Å²) in [7, 11) is 0. The van der Waals surface area contributed by atoms with Gasteiger partial charge in [-0.2, -0.15) is 11.8 Å². The van der Waals surface area contributed by atoms with E-state index in [1.54, 1.807) is 4.57 Å². The van der Waals surface area contributed by atoms with Gasteiger partial charge in [-0.25, -0.2) is 0 Å². The molecule has 3 nitrogen and oxygen atoms in total. The highest BCUT2D eigenvalue weighted by Crippen LogP contribution is 2.24. The second-order valence-electron chi connectivity index (χ2n) is 5.66. The largest absolute Gasteiger partial charge is 0.494 e. The summed E-state index contributed by atoms with van der Waals surface area (Å²) in [4.78, 5) is 0. The minimum absolute atomic E-state index is 0.153. The molecule has 122 valence electrons. The molecule has 4 heteroatoms. The molecule has 21 heavy (non-hydrogen) atoms. The molecule has 1 atom stereocenters. The zero-order valence-electron chi connectivity index (χ0n) is 13.6. The summed E-state index contributed by atoms with van der Waals surface area (Å²) in [6, 6.07) is 3.07. The Balaban J connectivity index is 2.11. The van der Waals surface area contributed by atoms with Crippen LogP contribution in [0.5, 0.6) is 11.8 Å². The van der Waals surface area contributed by atoms with E-state index < -0.39 is 0 Å². The molecule has 0 bridgehead atoms. The van der Waals surface area contributed by atoms with E-state index in [9.17, 15) is 10.2 Å². The number of hydrogen-bond acceptors (Lipinski definition) is 3. The quantitative estimate of drug-likeness (QED) is 0.524. The summed E-state index contributed by atoms with van der Waals surface area (Å²) >= 11 is 2.04. The van der Waals surface area contributed by atoms with E-state index in [0.29, 0.717) is 6.54 Å². The van der Waals surface area contributed by atoms with Crippen molar-refractivity contribution in [3.05, 3.63) is 12.1 Å². The SMILES string of the molecule is CCCCCCCC(CC)SCCCn1c(O)ccc1O. The van der Waals surface area contributed by atoms with Crippen LogP contribution < -0.4 is 0 Å². The van der Waals surface area contributed by atoms with Gasteiger partial charge in [0.1, 0.15) is 0 Å². The van der Waals surface area contributed by atoms with Crippen LogP contribution in [0.4, 0.5) is 0 Å². The molecule has 1 aromatic rings. The molecule has 1 heterocycles. The lowest BCUT2D eigenvalue weighted by Crippen LogP contribution is -2.04. The van der Waals surface area contributed by atoms with E-state index >= 15 is 0 Å². The van der Waals surface area contributed by atoms with Crippen LogP contribution in [0.25, 0.3) is 0 Å². The number of thioether (sulfide) groups is 1. The van der Waals surface area contributed by atoms with Crippen LogP contribution in [0.15, 0.2) is 12.1 Å². The van der Waals surface area contributed by atoms with Crippen LogP contribution in [-0.2, 0) is 6.54 Å². The molecule has 1 rings (SSSR count). The number of unbranched alkanes of at least 4 members (excludes halogenated alkanes) is 4. The Kier molecular flexibility index (Phi) is 9.48. The van der Waals surface area contributed by atoms with E-state index in [4.69, 9.17) is 0 Å². The predicted octanol–water partition coefficient (Wildman–Crippen LogP) is 5.16. The smallest absolute Gasteiger partial charge is 0.193 e. The number of hydrogen-bond donors (Lipinski definition) is 2. The first-order chi connectivity index (χ1) is 10.2. The summed E-state index contributed by atoms with van der Waals surface area (Å²) in [5.41, 5.74) is 0. The van der Waals surface area contributed by atoms with Gasteiger partial charge in [0.25, 0.3) is 0 Å². The zero-order valence-corrected chi connectivity index (χ0v) is 14.4. The van der Waals surface area contributed by atoms with E-state index in [0.717, 1.165) is 17.4 Å². The minimum Gasteiger partial charge on any atom is -0.494 e. The lowest BCUT2D eigenvalue weighted by Gasteiger charge is -2.14. The Morgan fingerprint density at radius 3 is 2.29 bits per heavy atom. The molecule has 0 aromatic carbocycles. The molecule has 0 aliphatic rings. The van der Waals surface area contributed by atoms with Crippen molar-refractivity contribution in [2.24, 2.45) is 0 Å². The Labute approximate surface area is 133 Å². The number of nitrogens with zero attached hydrogens (tertiary/aromatic N) is 1. The van der Waals surface area contributed by atoms with Gasteiger partial charge in [-0.1, -0.05) is 46.0 Å². The first-order valence-electron chi connectivity index (χ1n) is 8.38. The van der Waals surface area contributed by atoms with Crippen LogP contribution in [0.3, 0.4) is 0 Å². The molecule has 0 fully saturated rings. The Hall–Kier alpha value is -0.770. The third-order valence-corrected chi connectivity index (χ3v) is 5.46. The van der Waals surface area contributed by atoms with E-state index in [-0.39, 0.29) is 11.8 Å². The fourth-order valence-electron chi connectivity index (χ4n) is 2.53. The maximum Gasteiger partial charge on any atom is 0.193 e. The fraction of sp³-hybridized carbons (Fsp3) is 0.765. The Morgan fingerprint density at radius 1 is 1.00 bits per heavy atom. The van der Waals surface area contributed by atoms with E-state index in [1.807, 2.05) is 11.8 Å². The molecule has 0 amide bonds. The van der Waals surface area contributed by atoms with Gasteiger partial charge < -0.3 is 10.2 Å². The molecule has 0 saturated heterocycles. The van der Waals surface area contributed by atoms with Crippen molar-refractivity contribution < 1.29 is 10.2 Å². The Bertz CT molecular complexity index is 359. The van der Waals surface area contributed by atoms with Gasteiger partial charge in [0, 0.05) is 23.9 Å². The van der Waals surface area contributed by atoms with Crippen molar-refractivity contribution in [3.63, 3.8) is 0 Å². The van der Waals surface area contributed by atoms with Crippen molar-refractivity contribution in [2.75, 3.05) is 5.75 Å². The average Bonchev–Trinajstić information content (AvgIpc) is 2.80. The first kappa shape index (κ1) is 18.3. The third-order valence-electron chi connectivity index (χ3n) is 3.90. The monoisotopic (exact) mass is 313 g/mol. The predicted molar refractivity (Wildman–Crippen MR) is 92.3 cm³/mol. The molecule has 1 aromatic heterocycles. The number of aromatic hydroxyl groups is 2. The lowest BCUT2D eigenvalue weighted by molar-refractivity contribution is 0.367. The van der Waals surface area contributed by atoms with E-state index in [2.05, 4.69) is 13.8 Å². The summed E-state index contributed by atoms with van der Waals surface area (Å²) in [6.07, 6.45) is 10.3. The molecule has 0 radical (unpaired) electrons. The van der Waals surface area contributed by atoms with Crippen molar-refractivity contribution in [3.8, 4) is 11.8 Å². The third kappa shape index (κ3) is 7.16. The van der Waals surface area contributed by atoms with Gasteiger partial charge in [0.15, 0.2) is 11.8 Å². The highest BCUT2D eigenvalue weighted by molar-refractivity contribution is 7.99. The van der Waals surface area contributed by atoms with Crippen LogP contribution in [-0.4, -0.2) is 25.8 Å². The molecule has 0 aliphatic carbocycles. The van der Waals surface area contributed by atoms with Gasteiger partial charge in [-0.05, 0) is 25.0 Å². The Morgan fingerprint density at radius 2 is 1.67 bits per heavy atom. The summed E-state index contributed by atoms with van der Waals surface area (Å²) < 4.78 is 1.56. The van der Waals surface area contributed by atoms with Gasteiger partial charge in [0.2, 0.25) is 0 Å². The fourth-order valence-corrected chi connectivity index (χ4v) is 3.73. The molecule has 0 spiro atoms. The molecule has 2 N–H and O–H groups in total. The number of rotatable bonds is 12. The van der Waals surface area contributed by atoms with Gasteiger partial charge >= 0.3 is 0 Å². The standard InChI is InChI=1S/C17H31NO2S/c1-3-5-6-7-8-10-15(4-2)21-14-9-13-18-16(19)11-12-17(18)20/h11-12,15,19-20H,3-10,13-14H2,1-2H3. The van der Waals surface area contributed by atoms with Crippen molar-refractivity contribution >= 4 is 11.8 Å². The molecular weight excluding hydrogens is 282 g/mol. The maximum atomic E-state index is 9.57.